The molecule has 6 N–H and O–H groups in total. The molecule has 0 saturated heterocycles. The zero-order valence-electron chi connectivity index (χ0n) is 29.7. The summed E-state index contributed by atoms with van der Waals surface area (Å²) in [6.45, 7) is -0.540. The summed E-state index contributed by atoms with van der Waals surface area (Å²) in [6, 6.07) is 18.6. The molecule has 57 heavy (non-hydrogen) atoms. The van der Waals surface area contributed by atoms with Crippen LogP contribution in [-0.4, -0.2) is 79.1 Å². The summed E-state index contributed by atoms with van der Waals surface area (Å²) in [6.07, 6.45) is -1.69. The maximum absolute atomic E-state index is 13.0. The van der Waals surface area contributed by atoms with Crippen LogP contribution in [-0.2, 0) is 19.9 Å². The lowest BCUT2D eigenvalue weighted by Gasteiger charge is -2.19. The van der Waals surface area contributed by atoms with Gasteiger partial charge in [-0.05, 0) is 79.9 Å². The summed E-state index contributed by atoms with van der Waals surface area (Å²) in [7, 11) is 0. The SMILES string of the molecule is Cc1nccc(-c2cccc(NC(=O)C(=O)NC[C@H](NC(=O)c3ccc(Nc4nc(NC5(c6ccc(Cl)cc6)CC5)nc(OCC(F)(F)F)n4)cc3)C(=O)O)c2)n1. The smallest absolute Gasteiger partial charge is 0.422 e. The zero-order chi connectivity index (χ0) is 40.7. The van der Waals surface area contributed by atoms with Gasteiger partial charge in [0.1, 0.15) is 11.9 Å². The molecule has 0 aliphatic heterocycles. The van der Waals surface area contributed by atoms with Crippen LogP contribution in [0.5, 0.6) is 6.01 Å². The first-order valence-electron chi connectivity index (χ1n) is 17.0. The van der Waals surface area contributed by atoms with Crippen LogP contribution in [0.4, 0.5) is 36.4 Å². The number of hydrogen-bond acceptors (Lipinski definition) is 12. The average Bonchev–Trinajstić information content (AvgIpc) is 3.95. The minimum atomic E-state index is -4.66. The Hall–Kier alpha value is -6.89. The second kappa shape index (κ2) is 16.9. The Kier molecular flexibility index (Phi) is 11.8. The van der Waals surface area contributed by atoms with Gasteiger partial charge in [0.25, 0.3) is 5.91 Å². The molecule has 1 fully saturated rings. The van der Waals surface area contributed by atoms with Gasteiger partial charge in [0.05, 0.1) is 11.2 Å². The number of hydrogen-bond donors (Lipinski definition) is 6. The number of aliphatic carboxylic acids is 1. The molecule has 0 bridgehead atoms. The second-order valence-electron chi connectivity index (χ2n) is 12.7. The first kappa shape index (κ1) is 39.8. The van der Waals surface area contributed by atoms with Gasteiger partial charge in [-0.1, -0.05) is 35.9 Å². The van der Waals surface area contributed by atoms with E-state index in [9.17, 15) is 37.5 Å². The molecule has 16 nitrogen and oxygen atoms in total. The molecule has 294 valence electrons. The van der Waals surface area contributed by atoms with Crippen molar-refractivity contribution >= 4 is 58.6 Å². The number of nitrogens with one attached hydrogen (secondary N) is 5. The summed E-state index contributed by atoms with van der Waals surface area (Å²) < 4.78 is 43.7. The van der Waals surface area contributed by atoms with Crippen molar-refractivity contribution in [1.29, 1.82) is 0 Å². The number of anilines is 4. The van der Waals surface area contributed by atoms with E-state index >= 15 is 0 Å². The third kappa shape index (κ3) is 10.9. The molecule has 3 amide bonds. The number of benzene rings is 3. The fourth-order valence-corrected chi connectivity index (χ4v) is 5.51. The number of nitrogens with zero attached hydrogens (tertiary/aromatic N) is 5. The molecule has 1 saturated carbocycles. The van der Waals surface area contributed by atoms with Crippen molar-refractivity contribution in [2.24, 2.45) is 0 Å². The molecule has 5 aromatic rings. The molecular weight excluding hydrogens is 773 g/mol. The topological polar surface area (TPSA) is 222 Å². The lowest BCUT2D eigenvalue weighted by atomic mass is 10.1. The van der Waals surface area contributed by atoms with Gasteiger partial charge >= 0.3 is 30.0 Å². The van der Waals surface area contributed by atoms with E-state index in [2.05, 4.69) is 51.5 Å². The van der Waals surface area contributed by atoms with Crippen LogP contribution < -0.4 is 31.3 Å². The maximum atomic E-state index is 13.0. The molecule has 0 radical (unpaired) electrons. The van der Waals surface area contributed by atoms with E-state index in [1.807, 2.05) is 12.1 Å². The average molecular weight is 805 g/mol. The van der Waals surface area contributed by atoms with Crippen molar-refractivity contribution in [3.8, 4) is 17.3 Å². The highest BCUT2D eigenvalue weighted by Crippen LogP contribution is 2.48. The quantitative estimate of drug-likeness (QED) is 0.0814. The van der Waals surface area contributed by atoms with E-state index in [1.165, 1.54) is 24.3 Å². The monoisotopic (exact) mass is 804 g/mol. The van der Waals surface area contributed by atoms with E-state index in [-0.39, 0.29) is 23.1 Å². The highest BCUT2D eigenvalue weighted by molar-refractivity contribution is 6.39. The van der Waals surface area contributed by atoms with Crippen LogP contribution in [0.15, 0.2) is 85.1 Å². The number of carbonyl (C=O) groups excluding carboxylic acids is 3. The van der Waals surface area contributed by atoms with E-state index in [4.69, 9.17) is 16.3 Å². The van der Waals surface area contributed by atoms with Crippen LogP contribution in [0.2, 0.25) is 5.02 Å². The molecule has 20 heteroatoms. The Bertz CT molecular complexity index is 2290. The Labute approximate surface area is 326 Å². The van der Waals surface area contributed by atoms with Gasteiger partial charge in [-0.25, -0.2) is 14.8 Å². The molecule has 3 aromatic carbocycles. The Morgan fingerprint density at radius 3 is 2.28 bits per heavy atom. The highest BCUT2D eigenvalue weighted by atomic mass is 35.5. The van der Waals surface area contributed by atoms with E-state index in [0.29, 0.717) is 40.6 Å². The predicted molar refractivity (Wildman–Crippen MR) is 200 cm³/mol. The van der Waals surface area contributed by atoms with Gasteiger partial charge in [-0.3, -0.25) is 14.4 Å². The van der Waals surface area contributed by atoms with Crippen molar-refractivity contribution in [3.63, 3.8) is 0 Å². The molecule has 2 heterocycles. The largest absolute Gasteiger partial charge is 0.480 e. The summed E-state index contributed by atoms with van der Waals surface area (Å²) >= 11 is 6.02. The molecule has 0 spiro atoms. The molecule has 1 atom stereocenters. The van der Waals surface area contributed by atoms with Gasteiger partial charge < -0.3 is 36.4 Å². The summed E-state index contributed by atoms with van der Waals surface area (Å²) in [5.74, 6) is -4.20. The van der Waals surface area contributed by atoms with Crippen molar-refractivity contribution < 1.29 is 42.2 Å². The Morgan fingerprint density at radius 2 is 1.61 bits per heavy atom. The first-order chi connectivity index (χ1) is 27.1. The lowest BCUT2D eigenvalue weighted by molar-refractivity contribution is -0.154. The second-order valence-corrected chi connectivity index (χ2v) is 13.1. The van der Waals surface area contributed by atoms with E-state index in [0.717, 1.165) is 5.56 Å². The summed E-state index contributed by atoms with van der Waals surface area (Å²) in [5.41, 5.74) is 2.16. The standard InChI is InChI=1S/C37H32ClF3N10O6/c1-20-42-16-13-27(44-20)22-3-2-4-26(17-22)45-31(54)30(53)43-18-28(32(55)56)47-29(52)21-5-11-25(12-6-21)46-33-48-34(50-35(49-33)57-19-37(39,40)41)51-36(14-15-36)23-7-9-24(38)10-8-23/h2-13,16-17,28H,14-15,18-19H2,1H3,(H,43,53)(H,45,54)(H,47,52)(H,55,56)(H2,46,48,49,50,51)/t28-/m0/s1. The molecule has 1 aliphatic carbocycles. The van der Waals surface area contributed by atoms with Crippen molar-refractivity contribution in [2.45, 2.75) is 37.5 Å². The molecule has 1 aliphatic rings. The highest BCUT2D eigenvalue weighted by Gasteiger charge is 2.45. The molecule has 6 rings (SSSR count). The third-order valence-electron chi connectivity index (χ3n) is 8.35. The molecular formula is C37H32ClF3N10O6. The van der Waals surface area contributed by atoms with Crippen molar-refractivity contribution in [3.05, 3.63) is 107 Å². The van der Waals surface area contributed by atoms with Crippen LogP contribution in [0.1, 0.15) is 34.6 Å². The van der Waals surface area contributed by atoms with Gasteiger partial charge in [0, 0.05) is 40.3 Å². The maximum Gasteiger partial charge on any atom is 0.422 e. The summed E-state index contributed by atoms with van der Waals surface area (Å²) in [5, 5.41) is 23.2. The number of carbonyl (C=O) groups is 4. The first-order valence-corrected chi connectivity index (χ1v) is 17.4. The number of carboxylic acids is 1. The normalized spacial score (nSPS) is 13.4. The number of halogens is 4. The zero-order valence-corrected chi connectivity index (χ0v) is 30.5. The minimum Gasteiger partial charge on any atom is -0.480 e. The Balaban J connectivity index is 1.06. The lowest BCUT2D eigenvalue weighted by Crippen LogP contribution is -2.50. The number of aromatic nitrogens is 5. The van der Waals surface area contributed by atoms with Crippen LogP contribution in [0.25, 0.3) is 11.3 Å². The number of ether oxygens (including phenoxy) is 1. The number of rotatable bonds is 14. The van der Waals surface area contributed by atoms with E-state index in [1.54, 1.807) is 55.6 Å². The third-order valence-corrected chi connectivity index (χ3v) is 8.60. The van der Waals surface area contributed by atoms with Gasteiger partial charge in [-0.2, -0.15) is 28.1 Å². The number of alkyl halides is 3. The fraction of sp³-hybridized carbons (Fsp3) is 0.216. The van der Waals surface area contributed by atoms with Gasteiger partial charge in [0.15, 0.2) is 6.61 Å². The number of aryl methyl sites for hydroxylation is 1. The minimum absolute atomic E-state index is 0.0143. The van der Waals surface area contributed by atoms with Gasteiger partial charge in [-0.15, -0.1) is 0 Å². The Morgan fingerprint density at radius 1 is 0.895 bits per heavy atom. The van der Waals surface area contributed by atoms with Crippen molar-refractivity contribution in [2.75, 3.05) is 29.1 Å². The van der Waals surface area contributed by atoms with Crippen molar-refractivity contribution in [1.82, 2.24) is 35.6 Å². The van der Waals surface area contributed by atoms with Crippen LogP contribution in [0.3, 0.4) is 0 Å². The van der Waals surface area contributed by atoms with Gasteiger partial charge in [0.2, 0.25) is 11.9 Å². The fourth-order valence-electron chi connectivity index (χ4n) is 5.38. The van der Waals surface area contributed by atoms with Crippen LogP contribution in [0, 0.1) is 6.92 Å². The number of carboxylic acid groups (broad SMARTS) is 1. The van der Waals surface area contributed by atoms with E-state index < -0.39 is 60.6 Å². The predicted octanol–water partition coefficient (Wildman–Crippen LogP) is 5.01. The number of amides is 3. The molecule has 2 aromatic heterocycles. The summed E-state index contributed by atoms with van der Waals surface area (Å²) in [4.78, 5) is 70.7. The van der Waals surface area contributed by atoms with Crippen LogP contribution >= 0.6 is 11.6 Å². The molecule has 0 unspecified atom stereocenters.